The van der Waals surface area contributed by atoms with Crippen LogP contribution in [0.25, 0.3) is 0 Å². The standard InChI is InChI=1S/C13H16N2O2/c1-9-4-10(5-14)2-3-11(9)6-15-7-12(16)13(17)8-15/h2-4,12-13,16-17H,6-8H2,1H3/t12-,13+. The van der Waals surface area contributed by atoms with Crippen LogP contribution >= 0.6 is 0 Å². The van der Waals surface area contributed by atoms with Crippen LogP contribution in [0.4, 0.5) is 0 Å². The topological polar surface area (TPSA) is 67.5 Å². The molecule has 0 saturated carbocycles. The van der Waals surface area contributed by atoms with E-state index in [2.05, 4.69) is 6.07 Å². The second-order valence-corrected chi connectivity index (χ2v) is 4.58. The first-order chi connectivity index (χ1) is 8.10. The molecule has 0 aliphatic carbocycles. The van der Waals surface area contributed by atoms with Crippen LogP contribution in [0, 0.1) is 18.3 Å². The molecule has 0 unspecified atom stereocenters. The lowest BCUT2D eigenvalue weighted by molar-refractivity contribution is 0.0572. The van der Waals surface area contributed by atoms with Crippen LogP contribution in [-0.2, 0) is 6.54 Å². The minimum Gasteiger partial charge on any atom is -0.389 e. The first-order valence-electron chi connectivity index (χ1n) is 5.68. The Hall–Kier alpha value is -1.41. The molecule has 0 aromatic heterocycles. The van der Waals surface area contributed by atoms with Crippen molar-refractivity contribution in [1.29, 1.82) is 5.26 Å². The van der Waals surface area contributed by atoms with Gasteiger partial charge in [-0.3, -0.25) is 4.90 Å². The number of likely N-dealkylation sites (tertiary alicyclic amines) is 1. The summed E-state index contributed by atoms with van der Waals surface area (Å²) in [6.07, 6.45) is -1.29. The zero-order chi connectivity index (χ0) is 12.4. The van der Waals surface area contributed by atoms with Crippen molar-refractivity contribution in [1.82, 2.24) is 4.90 Å². The van der Waals surface area contributed by atoms with E-state index in [9.17, 15) is 10.2 Å². The second-order valence-electron chi connectivity index (χ2n) is 4.58. The van der Waals surface area contributed by atoms with Gasteiger partial charge in [0, 0.05) is 19.6 Å². The number of aliphatic hydroxyl groups is 2. The summed E-state index contributed by atoms with van der Waals surface area (Å²) in [5.74, 6) is 0. The lowest BCUT2D eigenvalue weighted by atomic mass is 10.1. The fourth-order valence-corrected chi connectivity index (χ4v) is 2.16. The van der Waals surface area contributed by atoms with Crippen molar-refractivity contribution in [2.75, 3.05) is 13.1 Å². The number of β-amino-alcohol motifs (C(OH)–C–C–N with tert-alkyl or cyclic N) is 2. The van der Waals surface area contributed by atoms with Crippen LogP contribution < -0.4 is 0 Å². The zero-order valence-electron chi connectivity index (χ0n) is 9.80. The number of hydrogen-bond acceptors (Lipinski definition) is 4. The molecule has 0 bridgehead atoms. The summed E-state index contributed by atoms with van der Waals surface area (Å²) in [4.78, 5) is 2.02. The van der Waals surface area contributed by atoms with Crippen molar-refractivity contribution in [2.45, 2.75) is 25.7 Å². The smallest absolute Gasteiger partial charge is 0.0991 e. The second kappa shape index (κ2) is 4.84. The van der Waals surface area contributed by atoms with Crippen LogP contribution in [-0.4, -0.2) is 40.4 Å². The van der Waals surface area contributed by atoms with Gasteiger partial charge in [-0.25, -0.2) is 0 Å². The maximum atomic E-state index is 9.46. The van der Waals surface area contributed by atoms with Crippen LogP contribution in [0.1, 0.15) is 16.7 Å². The van der Waals surface area contributed by atoms with Crippen molar-refractivity contribution in [3.63, 3.8) is 0 Å². The van der Waals surface area contributed by atoms with Crippen LogP contribution in [0.2, 0.25) is 0 Å². The molecule has 0 radical (unpaired) electrons. The number of hydrogen-bond donors (Lipinski definition) is 2. The summed E-state index contributed by atoms with van der Waals surface area (Å²) < 4.78 is 0. The lowest BCUT2D eigenvalue weighted by Crippen LogP contribution is -2.22. The fourth-order valence-electron chi connectivity index (χ4n) is 2.16. The number of aryl methyl sites for hydroxylation is 1. The molecule has 90 valence electrons. The predicted octanol–water partition coefficient (Wildman–Crippen LogP) is 0.404. The first-order valence-corrected chi connectivity index (χ1v) is 5.68. The minimum atomic E-state index is -0.645. The molecule has 2 atom stereocenters. The average molecular weight is 232 g/mol. The van der Waals surface area contributed by atoms with Gasteiger partial charge in [-0.2, -0.15) is 5.26 Å². The number of benzene rings is 1. The summed E-state index contributed by atoms with van der Waals surface area (Å²) in [6, 6.07) is 7.70. The first kappa shape index (κ1) is 12.1. The van der Waals surface area contributed by atoms with Gasteiger partial charge in [0.15, 0.2) is 0 Å². The summed E-state index contributed by atoms with van der Waals surface area (Å²) in [5, 5.41) is 27.7. The van der Waals surface area contributed by atoms with Gasteiger partial charge in [0.05, 0.1) is 23.8 Å². The van der Waals surface area contributed by atoms with Gasteiger partial charge in [-0.05, 0) is 30.2 Å². The third-order valence-electron chi connectivity index (χ3n) is 3.20. The highest BCUT2D eigenvalue weighted by Crippen LogP contribution is 2.17. The van der Waals surface area contributed by atoms with E-state index in [0.717, 1.165) is 11.1 Å². The molecule has 2 N–H and O–H groups in total. The minimum absolute atomic E-state index is 0.501. The SMILES string of the molecule is Cc1cc(C#N)ccc1CN1C[C@@H](O)[C@@H](O)C1. The normalized spacial score (nSPS) is 24.8. The molecule has 4 heteroatoms. The van der Waals surface area contributed by atoms with Crippen molar-refractivity contribution in [2.24, 2.45) is 0 Å². The largest absolute Gasteiger partial charge is 0.389 e. The van der Waals surface area contributed by atoms with E-state index in [1.807, 2.05) is 24.0 Å². The highest BCUT2D eigenvalue weighted by Gasteiger charge is 2.29. The number of aliphatic hydroxyl groups excluding tert-OH is 2. The molecule has 1 aromatic carbocycles. The Balaban J connectivity index is 2.07. The van der Waals surface area contributed by atoms with E-state index < -0.39 is 12.2 Å². The molecule has 1 aliphatic rings. The van der Waals surface area contributed by atoms with E-state index in [1.54, 1.807) is 6.07 Å². The highest BCUT2D eigenvalue weighted by atomic mass is 16.3. The molecular formula is C13H16N2O2. The zero-order valence-corrected chi connectivity index (χ0v) is 9.80. The Kier molecular flexibility index (Phi) is 3.43. The molecule has 1 fully saturated rings. The molecule has 1 saturated heterocycles. The van der Waals surface area contributed by atoms with Crippen LogP contribution in [0.3, 0.4) is 0 Å². The molecule has 0 amide bonds. The Morgan fingerprint density at radius 2 is 2.00 bits per heavy atom. The van der Waals surface area contributed by atoms with Crippen molar-refractivity contribution >= 4 is 0 Å². The fraction of sp³-hybridized carbons (Fsp3) is 0.462. The van der Waals surface area contributed by atoms with Gasteiger partial charge in [0.2, 0.25) is 0 Å². The highest BCUT2D eigenvalue weighted by molar-refractivity contribution is 5.37. The van der Waals surface area contributed by atoms with Crippen molar-refractivity contribution < 1.29 is 10.2 Å². The average Bonchev–Trinajstić information content (AvgIpc) is 2.61. The van der Waals surface area contributed by atoms with E-state index in [1.165, 1.54) is 0 Å². The van der Waals surface area contributed by atoms with Crippen LogP contribution in [0.5, 0.6) is 0 Å². The Labute approximate surface area is 101 Å². The Bertz CT molecular complexity index is 443. The van der Waals surface area contributed by atoms with Crippen molar-refractivity contribution in [3.8, 4) is 6.07 Å². The molecule has 1 aromatic rings. The Morgan fingerprint density at radius 3 is 2.53 bits per heavy atom. The van der Waals surface area contributed by atoms with E-state index in [0.29, 0.717) is 25.2 Å². The number of nitrogens with zero attached hydrogens (tertiary/aromatic N) is 2. The van der Waals surface area contributed by atoms with Gasteiger partial charge in [-0.15, -0.1) is 0 Å². The van der Waals surface area contributed by atoms with E-state index in [-0.39, 0.29) is 0 Å². The van der Waals surface area contributed by atoms with E-state index >= 15 is 0 Å². The molecule has 17 heavy (non-hydrogen) atoms. The maximum absolute atomic E-state index is 9.46. The summed E-state index contributed by atoms with van der Waals surface area (Å²) in [5.41, 5.74) is 2.86. The number of nitriles is 1. The summed E-state index contributed by atoms with van der Waals surface area (Å²) in [6.45, 7) is 3.67. The molecule has 1 aliphatic heterocycles. The third-order valence-corrected chi connectivity index (χ3v) is 3.20. The summed E-state index contributed by atoms with van der Waals surface area (Å²) >= 11 is 0. The quantitative estimate of drug-likeness (QED) is 0.774. The van der Waals surface area contributed by atoms with Gasteiger partial charge in [0.25, 0.3) is 0 Å². The van der Waals surface area contributed by atoms with Crippen molar-refractivity contribution in [3.05, 3.63) is 34.9 Å². The summed E-state index contributed by atoms with van der Waals surface area (Å²) in [7, 11) is 0. The van der Waals surface area contributed by atoms with E-state index in [4.69, 9.17) is 5.26 Å². The third kappa shape index (κ3) is 2.64. The predicted molar refractivity (Wildman–Crippen MR) is 63.2 cm³/mol. The molecule has 4 nitrogen and oxygen atoms in total. The molecule has 0 spiro atoms. The molecule has 1 heterocycles. The van der Waals surface area contributed by atoms with Crippen LogP contribution in [0.15, 0.2) is 18.2 Å². The van der Waals surface area contributed by atoms with Gasteiger partial charge < -0.3 is 10.2 Å². The lowest BCUT2D eigenvalue weighted by Gasteiger charge is -2.16. The van der Waals surface area contributed by atoms with Gasteiger partial charge in [-0.1, -0.05) is 6.07 Å². The Morgan fingerprint density at radius 1 is 1.35 bits per heavy atom. The molecule has 2 rings (SSSR count). The van der Waals surface area contributed by atoms with Gasteiger partial charge in [0.1, 0.15) is 0 Å². The maximum Gasteiger partial charge on any atom is 0.0991 e. The molecular weight excluding hydrogens is 216 g/mol. The van der Waals surface area contributed by atoms with Gasteiger partial charge >= 0.3 is 0 Å². The number of rotatable bonds is 2. The monoisotopic (exact) mass is 232 g/mol.